The average Bonchev–Trinajstić information content (AvgIpc) is 2.56. The molecule has 0 saturated heterocycles. The molecule has 0 spiro atoms. The monoisotopic (exact) mass is 390 g/mol. The van der Waals surface area contributed by atoms with Crippen LogP contribution in [0.25, 0.3) is 0 Å². The van der Waals surface area contributed by atoms with Crippen molar-refractivity contribution < 1.29 is 19.1 Å². The van der Waals surface area contributed by atoms with Crippen molar-refractivity contribution in [1.29, 1.82) is 0 Å². The van der Waals surface area contributed by atoms with E-state index in [0.717, 1.165) is 4.47 Å². The molecule has 0 heterocycles. The maximum Gasteiger partial charge on any atom is 0.337 e. The molecule has 2 rings (SSSR count). The molecule has 0 fully saturated rings. The summed E-state index contributed by atoms with van der Waals surface area (Å²) in [5.74, 6) is -1.32. The lowest BCUT2D eigenvalue weighted by Crippen LogP contribution is -2.21. The van der Waals surface area contributed by atoms with Crippen LogP contribution in [0.2, 0.25) is 0 Å². The highest BCUT2D eigenvalue weighted by Crippen LogP contribution is 2.14. The van der Waals surface area contributed by atoms with Crippen molar-refractivity contribution in [1.82, 2.24) is 0 Å². The standard InChI is InChI=1S/C17H15BrN2O4/c1-24-17(23)11-2-6-13(7-3-11)19-15(21)10-16(22)20-14-8-4-12(18)5-9-14/h2-9H,10H2,1H3,(H,19,21)(H,20,22). The molecular formula is C17H15BrN2O4. The molecule has 0 aliphatic carbocycles. The molecule has 0 bridgehead atoms. The zero-order chi connectivity index (χ0) is 17.5. The number of rotatable bonds is 5. The van der Waals surface area contributed by atoms with Gasteiger partial charge in [0.2, 0.25) is 11.8 Å². The Kier molecular flexibility index (Phi) is 6.08. The lowest BCUT2D eigenvalue weighted by atomic mass is 10.2. The summed E-state index contributed by atoms with van der Waals surface area (Å²) in [5.41, 5.74) is 1.48. The van der Waals surface area contributed by atoms with Crippen LogP contribution in [0.15, 0.2) is 53.0 Å². The number of nitrogens with one attached hydrogen (secondary N) is 2. The topological polar surface area (TPSA) is 84.5 Å². The normalized spacial score (nSPS) is 9.92. The number of ether oxygens (including phenoxy) is 1. The summed E-state index contributed by atoms with van der Waals surface area (Å²) in [6.07, 6.45) is -0.311. The Balaban J connectivity index is 1.87. The van der Waals surface area contributed by atoms with Gasteiger partial charge in [0.25, 0.3) is 0 Å². The molecule has 2 amide bonds. The number of carbonyl (C=O) groups is 3. The Bertz CT molecular complexity index is 742. The molecular weight excluding hydrogens is 376 g/mol. The Labute approximate surface area is 147 Å². The van der Waals surface area contributed by atoms with Crippen LogP contribution in [0.5, 0.6) is 0 Å². The summed E-state index contributed by atoms with van der Waals surface area (Å²) in [5, 5.41) is 5.23. The van der Waals surface area contributed by atoms with E-state index in [1.807, 2.05) is 0 Å². The maximum absolute atomic E-state index is 11.9. The first kappa shape index (κ1) is 17.7. The lowest BCUT2D eigenvalue weighted by Gasteiger charge is -2.07. The minimum atomic E-state index is -0.457. The fourth-order valence-corrected chi connectivity index (χ4v) is 2.16. The van der Waals surface area contributed by atoms with Crippen LogP contribution in [-0.2, 0) is 14.3 Å². The van der Waals surface area contributed by atoms with Crippen molar-refractivity contribution in [3.63, 3.8) is 0 Å². The fraction of sp³-hybridized carbons (Fsp3) is 0.118. The second-order valence-corrected chi connectivity index (χ2v) is 5.76. The minimum absolute atomic E-state index is 0.311. The molecule has 0 aliphatic rings. The highest BCUT2D eigenvalue weighted by molar-refractivity contribution is 9.10. The molecule has 2 aromatic carbocycles. The minimum Gasteiger partial charge on any atom is -0.465 e. The van der Waals surface area contributed by atoms with Crippen LogP contribution in [-0.4, -0.2) is 24.9 Å². The first-order chi connectivity index (χ1) is 11.5. The quantitative estimate of drug-likeness (QED) is 0.606. The molecule has 124 valence electrons. The van der Waals surface area contributed by atoms with Gasteiger partial charge in [-0.15, -0.1) is 0 Å². The Morgan fingerprint density at radius 2 is 1.33 bits per heavy atom. The van der Waals surface area contributed by atoms with Gasteiger partial charge in [-0.25, -0.2) is 4.79 Å². The molecule has 0 aliphatic heterocycles. The van der Waals surface area contributed by atoms with Gasteiger partial charge in [0.05, 0.1) is 12.7 Å². The van der Waals surface area contributed by atoms with Crippen LogP contribution >= 0.6 is 15.9 Å². The summed E-state index contributed by atoms with van der Waals surface area (Å²) in [7, 11) is 1.29. The fourth-order valence-electron chi connectivity index (χ4n) is 1.90. The number of methoxy groups -OCH3 is 1. The second-order valence-electron chi connectivity index (χ2n) is 4.85. The van der Waals surface area contributed by atoms with Gasteiger partial charge in [0.1, 0.15) is 6.42 Å². The third-order valence-corrected chi connectivity index (χ3v) is 3.57. The molecule has 0 radical (unpaired) electrons. The largest absolute Gasteiger partial charge is 0.465 e. The second kappa shape index (κ2) is 8.26. The summed E-state index contributed by atoms with van der Waals surface area (Å²) in [4.78, 5) is 35.0. The third kappa shape index (κ3) is 5.20. The van der Waals surface area contributed by atoms with Crippen LogP contribution in [0.1, 0.15) is 16.8 Å². The van der Waals surface area contributed by atoms with Gasteiger partial charge in [-0.1, -0.05) is 15.9 Å². The van der Waals surface area contributed by atoms with E-state index in [-0.39, 0.29) is 6.42 Å². The summed E-state index contributed by atoms with van der Waals surface area (Å²) in [6, 6.07) is 13.2. The van der Waals surface area contributed by atoms with Crippen LogP contribution < -0.4 is 10.6 Å². The van der Waals surface area contributed by atoms with Gasteiger partial charge in [0, 0.05) is 15.8 Å². The number of benzene rings is 2. The molecule has 2 N–H and O–H groups in total. The highest BCUT2D eigenvalue weighted by atomic mass is 79.9. The summed E-state index contributed by atoms with van der Waals surface area (Å²) in [6.45, 7) is 0. The molecule has 2 aromatic rings. The third-order valence-electron chi connectivity index (χ3n) is 3.04. The van der Waals surface area contributed by atoms with E-state index < -0.39 is 17.8 Å². The number of carbonyl (C=O) groups excluding carboxylic acids is 3. The molecule has 7 heteroatoms. The van der Waals surface area contributed by atoms with Gasteiger partial charge in [-0.3, -0.25) is 9.59 Å². The van der Waals surface area contributed by atoms with Crippen LogP contribution in [0.4, 0.5) is 11.4 Å². The van der Waals surface area contributed by atoms with E-state index in [1.165, 1.54) is 19.2 Å². The zero-order valence-electron chi connectivity index (χ0n) is 12.8. The van der Waals surface area contributed by atoms with E-state index in [4.69, 9.17) is 0 Å². The Morgan fingerprint density at radius 3 is 1.79 bits per heavy atom. The molecule has 6 nitrogen and oxygen atoms in total. The first-order valence-electron chi connectivity index (χ1n) is 7.01. The van der Waals surface area contributed by atoms with Gasteiger partial charge in [-0.2, -0.15) is 0 Å². The molecule has 0 unspecified atom stereocenters. The van der Waals surface area contributed by atoms with E-state index in [1.54, 1.807) is 36.4 Å². The number of halogens is 1. The van der Waals surface area contributed by atoms with Crippen LogP contribution in [0, 0.1) is 0 Å². The van der Waals surface area contributed by atoms with Gasteiger partial charge in [-0.05, 0) is 48.5 Å². The van der Waals surface area contributed by atoms with Crippen molar-refractivity contribution in [2.24, 2.45) is 0 Å². The van der Waals surface area contributed by atoms with E-state index in [9.17, 15) is 14.4 Å². The molecule has 24 heavy (non-hydrogen) atoms. The zero-order valence-corrected chi connectivity index (χ0v) is 14.4. The number of amides is 2. The molecule has 0 saturated carbocycles. The van der Waals surface area contributed by atoms with Gasteiger partial charge >= 0.3 is 5.97 Å². The maximum atomic E-state index is 11.9. The Hall–Kier alpha value is -2.67. The van der Waals surface area contributed by atoms with Gasteiger partial charge < -0.3 is 15.4 Å². The first-order valence-corrected chi connectivity index (χ1v) is 7.81. The van der Waals surface area contributed by atoms with Crippen molar-refractivity contribution >= 4 is 45.1 Å². The molecule has 0 aromatic heterocycles. The Morgan fingerprint density at radius 1 is 0.875 bits per heavy atom. The van der Waals surface area contributed by atoms with Crippen molar-refractivity contribution in [2.75, 3.05) is 17.7 Å². The number of hydrogen-bond donors (Lipinski definition) is 2. The van der Waals surface area contributed by atoms with Crippen molar-refractivity contribution in [3.05, 3.63) is 58.6 Å². The average molecular weight is 391 g/mol. The number of anilines is 2. The van der Waals surface area contributed by atoms with Gasteiger partial charge in [0.15, 0.2) is 0 Å². The molecule has 0 atom stereocenters. The number of esters is 1. The van der Waals surface area contributed by atoms with Crippen molar-refractivity contribution in [2.45, 2.75) is 6.42 Å². The summed E-state index contributed by atoms with van der Waals surface area (Å²) >= 11 is 3.30. The predicted molar refractivity (Wildman–Crippen MR) is 93.8 cm³/mol. The lowest BCUT2D eigenvalue weighted by molar-refractivity contribution is -0.123. The number of hydrogen-bond acceptors (Lipinski definition) is 4. The predicted octanol–water partition coefficient (Wildman–Crippen LogP) is 3.20. The highest BCUT2D eigenvalue weighted by Gasteiger charge is 2.11. The van der Waals surface area contributed by atoms with E-state index in [0.29, 0.717) is 16.9 Å². The van der Waals surface area contributed by atoms with E-state index >= 15 is 0 Å². The SMILES string of the molecule is COC(=O)c1ccc(NC(=O)CC(=O)Nc2ccc(Br)cc2)cc1. The van der Waals surface area contributed by atoms with E-state index in [2.05, 4.69) is 31.3 Å². The smallest absolute Gasteiger partial charge is 0.337 e. The van der Waals surface area contributed by atoms with Crippen molar-refractivity contribution in [3.8, 4) is 0 Å². The van der Waals surface area contributed by atoms with Crippen LogP contribution in [0.3, 0.4) is 0 Å². The summed E-state index contributed by atoms with van der Waals surface area (Å²) < 4.78 is 5.49.